The van der Waals surface area contributed by atoms with Crippen LogP contribution in [0, 0.1) is 0 Å². The Morgan fingerprint density at radius 2 is 2.13 bits per heavy atom. The molecule has 2 heterocycles. The molecule has 2 aromatic heterocycles. The Balaban J connectivity index is 1.89. The molecule has 0 radical (unpaired) electrons. The summed E-state index contributed by atoms with van der Waals surface area (Å²) in [7, 11) is 1.57. The van der Waals surface area contributed by atoms with E-state index in [4.69, 9.17) is 10.5 Å². The van der Waals surface area contributed by atoms with E-state index in [0.717, 1.165) is 5.56 Å². The van der Waals surface area contributed by atoms with Crippen molar-refractivity contribution in [2.45, 2.75) is 0 Å². The molecule has 0 fully saturated rings. The maximum Gasteiger partial charge on any atom is 0.278 e. The average Bonchev–Trinajstić information content (AvgIpc) is 2.97. The van der Waals surface area contributed by atoms with Gasteiger partial charge in [-0.25, -0.2) is 4.98 Å². The summed E-state index contributed by atoms with van der Waals surface area (Å²) in [5.41, 5.74) is 5.97. The topological polar surface area (TPSA) is 127 Å². The van der Waals surface area contributed by atoms with Crippen LogP contribution in [-0.4, -0.2) is 32.8 Å². The summed E-state index contributed by atoms with van der Waals surface area (Å²) in [6.07, 6.45) is 2.98. The predicted molar refractivity (Wildman–Crippen MR) is 85.3 cm³/mol. The molecular weight excluding hydrogens is 298 g/mol. The largest absolute Gasteiger partial charge is 0.497 e. The summed E-state index contributed by atoms with van der Waals surface area (Å²) in [6, 6.07) is 7.24. The van der Waals surface area contributed by atoms with Gasteiger partial charge in [0.2, 0.25) is 11.7 Å². The smallest absolute Gasteiger partial charge is 0.278 e. The molecule has 3 aromatic rings. The molecule has 116 valence electrons. The fraction of sp³-hybridized carbons (Fsp3) is 0.0667. The van der Waals surface area contributed by atoms with Crippen molar-refractivity contribution in [2.24, 2.45) is 0 Å². The van der Waals surface area contributed by atoms with Crippen LogP contribution in [0.5, 0.6) is 5.75 Å². The number of carbonyl (C=O) groups excluding carboxylic acids is 1. The van der Waals surface area contributed by atoms with Crippen LogP contribution in [-0.2, 0) is 0 Å². The fourth-order valence-corrected chi connectivity index (χ4v) is 2.04. The maximum atomic E-state index is 12.2. The number of nitrogens with one attached hydrogen (secondary N) is 2. The lowest BCUT2D eigenvalue weighted by Crippen LogP contribution is -2.10. The first-order valence-corrected chi connectivity index (χ1v) is 6.69. The Bertz CT molecular complexity index is 971. The Morgan fingerprint density at radius 3 is 2.91 bits per heavy atom. The molecule has 0 aliphatic heterocycles. The molecular formula is C15H13N5O3. The van der Waals surface area contributed by atoms with Crippen LogP contribution in [0.4, 0.5) is 5.95 Å². The third-order valence-electron chi connectivity index (χ3n) is 3.13. The number of carbonyl (C=O) groups is 1. The van der Waals surface area contributed by atoms with E-state index >= 15 is 0 Å². The number of methoxy groups -OCH3 is 1. The van der Waals surface area contributed by atoms with Gasteiger partial charge in [-0.15, -0.1) is 0 Å². The third kappa shape index (κ3) is 2.95. The van der Waals surface area contributed by atoms with Crippen LogP contribution in [0.15, 0.2) is 35.1 Å². The highest BCUT2D eigenvalue weighted by atomic mass is 16.5. The Morgan fingerprint density at radius 1 is 1.30 bits per heavy atom. The molecule has 1 aromatic carbocycles. The molecule has 4 N–H and O–H groups in total. The summed E-state index contributed by atoms with van der Waals surface area (Å²) >= 11 is 0. The van der Waals surface area contributed by atoms with Gasteiger partial charge in [0.25, 0.3) is 5.56 Å². The van der Waals surface area contributed by atoms with Crippen LogP contribution in [0.3, 0.4) is 0 Å². The minimum Gasteiger partial charge on any atom is -0.497 e. The van der Waals surface area contributed by atoms with Crippen molar-refractivity contribution < 1.29 is 9.53 Å². The van der Waals surface area contributed by atoms with Crippen molar-refractivity contribution in [3.05, 3.63) is 52.1 Å². The molecule has 0 atom stereocenters. The Hall–Kier alpha value is -3.42. The molecule has 0 saturated carbocycles. The number of nitrogen functional groups attached to an aromatic ring is 1. The number of allylic oxidation sites excluding steroid dienone is 1. The lowest BCUT2D eigenvalue weighted by molar-refractivity contribution is 0.103. The van der Waals surface area contributed by atoms with Gasteiger partial charge in [-0.05, 0) is 23.8 Å². The van der Waals surface area contributed by atoms with E-state index in [2.05, 4.69) is 19.9 Å². The van der Waals surface area contributed by atoms with E-state index in [-0.39, 0.29) is 28.7 Å². The number of nitrogens with two attached hydrogens (primary N) is 1. The summed E-state index contributed by atoms with van der Waals surface area (Å²) in [6.45, 7) is 0. The summed E-state index contributed by atoms with van der Waals surface area (Å²) in [5, 5.41) is 0. The maximum absolute atomic E-state index is 12.2. The number of aromatic amines is 2. The second kappa shape index (κ2) is 5.76. The van der Waals surface area contributed by atoms with Gasteiger partial charge in [0.15, 0.2) is 17.0 Å². The molecule has 0 amide bonds. The normalized spacial score (nSPS) is 11.2. The molecule has 0 unspecified atom stereocenters. The number of imidazole rings is 1. The number of anilines is 1. The monoisotopic (exact) mass is 311 g/mol. The van der Waals surface area contributed by atoms with Crippen LogP contribution in [0.1, 0.15) is 16.2 Å². The average molecular weight is 311 g/mol. The minimum absolute atomic E-state index is 0.0164. The molecule has 23 heavy (non-hydrogen) atoms. The van der Waals surface area contributed by atoms with Gasteiger partial charge in [0, 0.05) is 0 Å². The van der Waals surface area contributed by atoms with Crippen molar-refractivity contribution in [1.29, 1.82) is 0 Å². The number of benzene rings is 1. The third-order valence-corrected chi connectivity index (χ3v) is 3.13. The van der Waals surface area contributed by atoms with Crippen LogP contribution in [0.25, 0.3) is 17.2 Å². The second-order valence-electron chi connectivity index (χ2n) is 4.71. The van der Waals surface area contributed by atoms with E-state index in [1.54, 1.807) is 25.3 Å². The molecule has 3 rings (SSSR count). The molecule has 0 aliphatic carbocycles. The van der Waals surface area contributed by atoms with E-state index in [1.807, 2.05) is 12.1 Å². The lowest BCUT2D eigenvalue weighted by atomic mass is 10.2. The van der Waals surface area contributed by atoms with Crippen LogP contribution < -0.4 is 16.0 Å². The summed E-state index contributed by atoms with van der Waals surface area (Å²) in [4.78, 5) is 36.7. The van der Waals surface area contributed by atoms with Crippen LogP contribution in [0.2, 0.25) is 0 Å². The number of hydrogen-bond acceptors (Lipinski definition) is 6. The quantitative estimate of drug-likeness (QED) is 0.489. The molecule has 0 saturated heterocycles. The number of fused-ring (bicyclic) bond motifs is 1. The van der Waals surface area contributed by atoms with E-state index in [0.29, 0.717) is 5.75 Å². The van der Waals surface area contributed by atoms with Gasteiger partial charge in [-0.2, -0.15) is 4.98 Å². The molecule has 0 aliphatic rings. The zero-order valence-electron chi connectivity index (χ0n) is 12.2. The minimum atomic E-state index is -0.476. The number of rotatable bonds is 4. The zero-order valence-corrected chi connectivity index (χ0v) is 12.2. The van der Waals surface area contributed by atoms with Crippen molar-refractivity contribution in [1.82, 2.24) is 19.9 Å². The lowest BCUT2D eigenvalue weighted by Gasteiger charge is -1.99. The van der Waals surface area contributed by atoms with Crippen molar-refractivity contribution in [2.75, 3.05) is 12.8 Å². The Labute approximate surface area is 130 Å². The van der Waals surface area contributed by atoms with Gasteiger partial charge in [-0.3, -0.25) is 14.6 Å². The van der Waals surface area contributed by atoms with E-state index in [1.165, 1.54) is 6.08 Å². The Kier molecular flexibility index (Phi) is 3.63. The van der Waals surface area contributed by atoms with Gasteiger partial charge >= 0.3 is 0 Å². The summed E-state index contributed by atoms with van der Waals surface area (Å²) in [5.74, 6) is 0.265. The first-order valence-electron chi connectivity index (χ1n) is 6.69. The number of H-pyrrole nitrogens is 2. The highest BCUT2D eigenvalue weighted by molar-refractivity contribution is 6.05. The zero-order chi connectivity index (χ0) is 16.4. The van der Waals surface area contributed by atoms with E-state index < -0.39 is 5.56 Å². The molecule has 8 heteroatoms. The van der Waals surface area contributed by atoms with E-state index in [9.17, 15) is 9.59 Å². The number of nitrogens with zero attached hydrogens (tertiary/aromatic N) is 2. The standard InChI is InChI=1S/C15H13N5O3/c1-23-9-4-2-3-8(7-9)5-6-10(21)12-17-11-13(18-12)19-15(16)20-14(11)22/h2-7H,1H3,(H4,16,17,18,19,20,22). The first kappa shape index (κ1) is 14.5. The van der Waals surface area contributed by atoms with Crippen molar-refractivity contribution >= 4 is 29.0 Å². The molecule has 8 nitrogen and oxygen atoms in total. The van der Waals surface area contributed by atoms with Gasteiger partial charge in [0.1, 0.15) is 5.75 Å². The van der Waals surface area contributed by atoms with Crippen molar-refractivity contribution in [3.63, 3.8) is 0 Å². The molecule has 0 bridgehead atoms. The summed E-state index contributed by atoms with van der Waals surface area (Å²) < 4.78 is 5.11. The van der Waals surface area contributed by atoms with Crippen molar-refractivity contribution in [3.8, 4) is 5.75 Å². The van der Waals surface area contributed by atoms with Gasteiger partial charge in [0.05, 0.1) is 7.11 Å². The number of ether oxygens (including phenoxy) is 1. The SMILES string of the molecule is COc1cccc(C=CC(=O)c2nc3nc(N)[nH]c(=O)c3[nH]2)c1. The number of hydrogen-bond donors (Lipinski definition) is 3. The second-order valence-corrected chi connectivity index (χ2v) is 4.71. The first-order chi connectivity index (χ1) is 11.1. The highest BCUT2D eigenvalue weighted by Crippen LogP contribution is 2.14. The predicted octanol–water partition coefficient (Wildman–Crippen LogP) is 1.13. The van der Waals surface area contributed by atoms with Crippen LogP contribution >= 0.6 is 0 Å². The fourth-order valence-electron chi connectivity index (χ4n) is 2.04. The number of aromatic nitrogens is 4. The van der Waals surface area contributed by atoms with Gasteiger partial charge < -0.3 is 15.5 Å². The highest BCUT2D eigenvalue weighted by Gasteiger charge is 2.12. The molecule has 0 spiro atoms. The number of ketones is 1. The van der Waals surface area contributed by atoms with Gasteiger partial charge in [-0.1, -0.05) is 18.2 Å².